The molecule has 0 radical (unpaired) electrons. The summed E-state index contributed by atoms with van der Waals surface area (Å²) in [6, 6.07) is 4.43. The van der Waals surface area contributed by atoms with E-state index in [2.05, 4.69) is 5.32 Å². The zero-order valence-corrected chi connectivity index (χ0v) is 15.7. The van der Waals surface area contributed by atoms with Crippen molar-refractivity contribution in [2.45, 2.75) is 51.5 Å². The first-order valence-electron chi connectivity index (χ1n) is 7.92. The van der Waals surface area contributed by atoms with Crippen LogP contribution in [0.5, 0.6) is 0 Å². The summed E-state index contributed by atoms with van der Waals surface area (Å²) < 4.78 is 26.6. The van der Waals surface area contributed by atoms with Crippen LogP contribution in [0.4, 0.5) is 0 Å². The van der Waals surface area contributed by atoms with E-state index >= 15 is 0 Å². The molecule has 130 valence electrons. The predicted molar refractivity (Wildman–Crippen MR) is 93.4 cm³/mol. The van der Waals surface area contributed by atoms with Crippen LogP contribution in [0.15, 0.2) is 23.1 Å². The number of halogens is 1. The molecular formula is C16H25ClN2O3S. The first-order valence-corrected chi connectivity index (χ1v) is 9.74. The van der Waals surface area contributed by atoms with Crippen LogP contribution in [0.1, 0.15) is 50.9 Å². The van der Waals surface area contributed by atoms with Gasteiger partial charge in [0, 0.05) is 24.7 Å². The van der Waals surface area contributed by atoms with Crippen molar-refractivity contribution in [1.29, 1.82) is 0 Å². The van der Waals surface area contributed by atoms with Gasteiger partial charge in [0.25, 0.3) is 5.91 Å². The molecule has 23 heavy (non-hydrogen) atoms. The fourth-order valence-corrected chi connectivity index (χ4v) is 4.26. The maximum Gasteiger partial charge on any atom is 0.251 e. The molecule has 0 unspecified atom stereocenters. The molecule has 1 amide bonds. The second kappa shape index (κ2) is 8.66. The summed E-state index contributed by atoms with van der Waals surface area (Å²) in [4.78, 5) is 12.3. The highest BCUT2D eigenvalue weighted by molar-refractivity contribution is 7.89. The Morgan fingerprint density at radius 1 is 1.17 bits per heavy atom. The van der Waals surface area contributed by atoms with Crippen LogP contribution >= 0.6 is 11.6 Å². The lowest BCUT2D eigenvalue weighted by molar-refractivity contribution is 0.0934. The fourth-order valence-electron chi connectivity index (χ4n) is 2.31. The van der Waals surface area contributed by atoms with Crippen molar-refractivity contribution in [1.82, 2.24) is 9.62 Å². The standard InChI is InChI=1S/C16H25ClN2O3S/c1-5-13(6-2)18-16(20)12-9-10-14(17)15(11-12)23(21,22)19(7-3)8-4/h9-11,13H,5-8H2,1-4H3,(H,18,20). The number of hydrogen-bond donors (Lipinski definition) is 1. The highest BCUT2D eigenvalue weighted by Gasteiger charge is 2.25. The lowest BCUT2D eigenvalue weighted by atomic mass is 10.1. The highest BCUT2D eigenvalue weighted by Crippen LogP contribution is 2.26. The Labute approximate surface area is 144 Å². The quantitative estimate of drug-likeness (QED) is 0.773. The highest BCUT2D eigenvalue weighted by atomic mass is 35.5. The minimum Gasteiger partial charge on any atom is -0.349 e. The summed E-state index contributed by atoms with van der Waals surface area (Å²) in [6.07, 6.45) is 1.64. The van der Waals surface area contributed by atoms with E-state index in [1.165, 1.54) is 16.4 Å². The van der Waals surface area contributed by atoms with E-state index < -0.39 is 10.0 Å². The lowest BCUT2D eigenvalue weighted by Gasteiger charge is -2.20. The molecule has 0 saturated heterocycles. The van der Waals surface area contributed by atoms with Crippen LogP contribution in [-0.4, -0.2) is 37.8 Å². The molecule has 0 atom stereocenters. The Hall–Kier alpha value is -1.11. The van der Waals surface area contributed by atoms with Crippen LogP contribution in [0.25, 0.3) is 0 Å². The SMILES string of the molecule is CCC(CC)NC(=O)c1ccc(Cl)c(S(=O)(=O)N(CC)CC)c1. The summed E-state index contributed by atoms with van der Waals surface area (Å²) in [7, 11) is -3.71. The smallest absolute Gasteiger partial charge is 0.251 e. The Balaban J connectivity index is 3.21. The maximum absolute atomic E-state index is 12.6. The van der Waals surface area contributed by atoms with E-state index in [-0.39, 0.29) is 21.9 Å². The van der Waals surface area contributed by atoms with Gasteiger partial charge in [0.1, 0.15) is 4.90 Å². The Bertz CT molecular complexity index is 639. The van der Waals surface area contributed by atoms with Crippen molar-refractivity contribution in [2.24, 2.45) is 0 Å². The number of nitrogens with zero attached hydrogens (tertiary/aromatic N) is 1. The van der Waals surface area contributed by atoms with Gasteiger partial charge in [0.15, 0.2) is 0 Å². The van der Waals surface area contributed by atoms with Gasteiger partial charge in [0.05, 0.1) is 5.02 Å². The van der Waals surface area contributed by atoms with Crippen molar-refractivity contribution in [2.75, 3.05) is 13.1 Å². The number of carbonyl (C=O) groups excluding carboxylic acids is 1. The number of amides is 1. The van der Waals surface area contributed by atoms with Crippen molar-refractivity contribution in [3.63, 3.8) is 0 Å². The molecule has 0 aromatic heterocycles. The zero-order valence-electron chi connectivity index (χ0n) is 14.1. The van der Waals surface area contributed by atoms with Gasteiger partial charge < -0.3 is 5.32 Å². The molecule has 0 fully saturated rings. The third-order valence-corrected chi connectivity index (χ3v) is 6.37. The minimum atomic E-state index is -3.71. The van der Waals surface area contributed by atoms with E-state index in [1.54, 1.807) is 19.9 Å². The number of hydrogen-bond acceptors (Lipinski definition) is 3. The minimum absolute atomic E-state index is 0.0277. The number of benzene rings is 1. The summed E-state index contributed by atoms with van der Waals surface area (Å²) in [5.41, 5.74) is 0.298. The fraction of sp³-hybridized carbons (Fsp3) is 0.562. The number of nitrogens with one attached hydrogen (secondary N) is 1. The first-order chi connectivity index (χ1) is 10.8. The van der Waals surface area contributed by atoms with Gasteiger partial charge in [-0.15, -0.1) is 0 Å². The van der Waals surface area contributed by atoms with Gasteiger partial charge in [-0.25, -0.2) is 8.42 Å². The average molecular weight is 361 g/mol. The molecule has 0 aliphatic carbocycles. The van der Waals surface area contributed by atoms with Crippen LogP contribution in [0.3, 0.4) is 0 Å². The molecule has 1 N–H and O–H groups in total. The van der Waals surface area contributed by atoms with E-state index in [1.807, 2.05) is 13.8 Å². The van der Waals surface area contributed by atoms with Crippen LogP contribution in [0, 0.1) is 0 Å². The number of rotatable bonds is 8. The van der Waals surface area contributed by atoms with Crippen molar-refractivity contribution < 1.29 is 13.2 Å². The van der Waals surface area contributed by atoms with Crippen molar-refractivity contribution in [3.05, 3.63) is 28.8 Å². The monoisotopic (exact) mass is 360 g/mol. The Morgan fingerprint density at radius 3 is 2.22 bits per heavy atom. The molecule has 5 nitrogen and oxygen atoms in total. The average Bonchev–Trinajstić information content (AvgIpc) is 2.53. The van der Waals surface area contributed by atoms with E-state index in [0.29, 0.717) is 18.7 Å². The molecule has 1 aromatic carbocycles. The second-order valence-electron chi connectivity index (χ2n) is 5.22. The molecule has 1 rings (SSSR count). The van der Waals surface area contributed by atoms with Gasteiger partial charge in [-0.1, -0.05) is 39.3 Å². The number of sulfonamides is 1. The molecule has 0 saturated carbocycles. The molecule has 0 aliphatic rings. The largest absolute Gasteiger partial charge is 0.349 e. The third-order valence-electron chi connectivity index (χ3n) is 3.84. The summed E-state index contributed by atoms with van der Waals surface area (Å²) in [5, 5.41) is 3.02. The van der Waals surface area contributed by atoms with Gasteiger partial charge in [-0.05, 0) is 31.0 Å². The lowest BCUT2D eigenvalue weighted by Crippen LogP contribution is -2.34. The molecule has 0 aliphatic heterocycles. The molecule has 0 heterocycles. The van der Waals surface area contributed by atoms with Gasteiger partial charge in [-0.3, -0.25) is 4.79 Å². The normalized spacial score (nSPS) is 12.0. The maximum atomic E-state index is 12.6. The van der Waals surface area contributed by atoms with Gasteiger partial charge in [-0.2, -0.15) is 4.31 Å². The van der Waals surface area contributed by atoms with Crippen LogP contribution in [0.2, 0.25) is 5.02 Å². The molecular weight excluding hydrogens is 336 g/mol. The topological polar surface area (TPSA) is 66.5 Å². The van der Waals surface area contributed by atoms with Crippen molar-refractivity contribution >= 4 is 27.5 Å². The summed E-state index contributed by atoms with van der Waals surface area (Å²) >= 11 is 6.07. The van der Waals surface area contributed by atoms with Gasteiger partial charge >= 0.3 is 0 Å². The van der Waals surface area contributed by atoms with E-state index in [0.717, 1.165) is 12.8 Å². The first kappa shape index (κ1) is 19.9. The van der Waals surface area contributed by atoms with Crippen molar-refractivity contribution in [3.8, 4) is 0 Å². The summed E-state index contributed by atoms with van der Waals surface area (Å²) in [5.74, 6) is -0.286. The van der Waals surface area contributed by atoms with Crippen LogP contribution < -0.4 is 5.32 Å². The molecule has 0 bridgehead atoms. The third kappa shape index (κ3) is 4.68. The predicted octanol–water partition coefficient (Wildman–Crippen LogP) is 3.29. The second-order valence-corrected chi connectivity index (χ2v) is 7.53. The van der Waals surface area contributed by atoms with E-state index in [4.69, 9.17) is 11.6 Å². The molecule has 1 aromatic rings. The molecule has 7 heteroatoms. The molecule has 0 spiro atoms. The Kier molecular flexibility index (Phi) is 7.51. The Morgan fingerprint density at radius 2 is 1.74 bits per heavy atom. The van der Waals surface area contributed by atoms with E-state index in [9.17, 15) is 13.2 Å². The number of carbonyl (C=O) groups is 1. The zero-order chi connectivity index (χ0) is 17.6. The van der Waals surface area contributed by atoms with Crippen LogP contribution in [-0.2, 0) is 10.0 Å². The summed E-state index contributed by atoms with van der Waals surface area (Å²) in [6.45, 7) is 8.20. The van der Waals surface area contributed by atoms with Gasteiger partial charge in [0.2, 0.25) is 10.0 Å².